The number of nitrogens with zero attached hydrogens (tertiary/aromatic N) is 3. The van der Waals surface area contributed by atoms with Gasteiger partial charge in [-0.25, -0.2) is 9.97 Å². The van der Waals surface area contributed by atoms with Gasteiger partial charge in [0.15, 0.2) is 5.65 Å². The zero-order valence-electron chi connectivity index (χ0n) is 12.2. The summed E-state index contributed by atoms with van der Waals surface area (Å²) >= 11 is 11.9. The topological polar surface area (TPSA) is 30.7 Å². The molecule has 0 aromatic carbocycles. The van der Waals surface area contributed by atoms with Gasteiger partial charge in [0.2, 0.25) is 0 Å². The van der Waals surface area contributed by atoms with E-state index >= 15 is 0 Å². The van der Waals surface area contributed by atoms with Gasteiger partial charge in [0.05, 0.1) is 5.02 Å². The fourth-order valence-corrected chi connectivity index (χ4v) is 2.75. The van der Waals surface area contributed by atoms with Crippen LogP contribution in [0.5, 0.6) is 0 Å². The third-order valence-corrected chi connectivity index (χ3v) is 3.89. The Kier molecular flexibility index (Phi) is 5.28. The molecule has 2 heterocycles. The standard InChI is InChI=1S/C15H21Cl2N3/c1-10(2)4-5-11(3)20-14(6-7-16)19-13-8-12(17)9-18-15(13)20/h8-11H,4-7H2,1-3H3. The number of aromatic nitrogens is 3. The molecule has 2 aromatic heterocycles. The number of pyridine rings is 1. The smallest absolute Gasteiger partial charge is 0.160 e. The molecule has 0 aliphatic heterocycles. The summed E-state index contributed by atoms with van der Waals surface area (Å²) in [6.07, 6.45) is 4.74. The third kappa shape index (κ3) is 3.44. The Morgan fingerprint density at radius 1 is 1.25 bits per heavy atom. The summed E-state index contributed by atoms with van der Waals surface area (Å²) in [7, 11) is 0. The third-order valence-electron chi connectivity index (χ3n) is 3.49. The van der Waals surface area contributed by atoms with Gasteiger partial charge in [0.1, 0.15) is 11.3 Å². The van der Waals surface area contributed by atoms with Gasteiger partial charge in [0.25, 0.3) is 0 Å². The van der Waals surface area contributed by atoms with E-state index in [1.54, 1.807) is 6.20 Å². The van der Waals surface area contributed by atoms with E-state index in [-0.39, 0.29) is 0 Å². The largest absolute Gasteiger partial charge is 0.310 e. The second-order valence-corrected chi connectivity index (χ2v) is 6.47. The maximum absolute atomic E-state index is 6.00. The van der Waals surface area contributed by atoms with Gasteiger partial charge in [-0.2, -0.15) is 0 Å². The minimum atomic E-state index is 0.370. The number of alkyl halides is 1. The minimum Gasteiger partial charge on any atom is -0.310 e. The SMILES string of the molecule is CC(C)CCC(C)n1c(CCCl)nc2cc(Cl)cnc21. The number of imidazole rings is 1. The Morgan fingerprint density at radius 3 is 2.65 bits per heavy atom. The molecule has 0 N–H and O–H groups in total. The number of hydrogen-bond acceptors (Lipinski definition) is 2. The van der Waals surface area contributed by atoms with Crippen molar-refractivity contribution in [3.63, 3.8) is 0 Å². The van der Waals surface area contributed by atoms with Crippen molar-refractivity contribution in [3.8, 4) is 0 Å². The molecular formula is C15H21Cl2N3. The average molecular weight is 314 g/mol. The molecule has 0 aliphatic rings. The summed E-state index contributed by atoms with van der Waals surface area (Å²) < 4.78 is 2.22. The lowest BCUT2D eigenvalue weighted by Gasteiger charge is -2.18. The fraction of sp³-hybridized carbons (Fsp3) is 0.600. The fourth-order valence-electron chi connectivity index (χ4n) is 2.43. The summed E-state index contributed by atoms with van der Waals surface area (Å²) in [5.74, 6) is 2.26. The van der Waals surface area contributed by atoms with Crippen LogP contribution in [-0.2, 0) is 6.42 Å². The predicted octanol–water partition coefficient (Wildman–Crippen LogP) is 4.86. The van der Waals surface area contributed by atoms with Gasteiger partial charge in [-0.1, -0.05) is 25.4 Å². The van der Waals surface area contributed by atoms with Crippen molar-refractivity contribution in [2.24, 2.45) is 5.92 Å². The van der Waals surface area contributed by atoms with E-state index in [0.717, 1.165) is 29.8 Å². The first-order valence-corrected chi connectivity index (χ1v) is 8.02. The van der Waals surface area contributed by atoms with Crippen molar-refractivity contribution in [3.05, 3.63) is 23.1 Å². The first kappa shape index (κ1) is 15.6. The lowest BCUT2D eigenvalue weighted by atomic mass is 10.0. The van der Waals surface area contributed by atoms with Gasteiger partial charge in [-0.15, -0.1) is 11.6 Å². The monoisotopic (exact) mass is 313 g/mol. The number of fused-ring (bicyclic) bond motifs is 1. The molecule has 0 bridgehead atoms. The van der Waals surface area contributed by atoms with E-state index in [1.807, 2.05) is 6.07 Å². The quantitative estimate of drug-likeness (QED) is 0.713. The van der Waals surface area contributed by atoms with Crippen molar-refractivity contribution >= 4 is 34.4 Å². The van der Waals surface area contributed by atoms with Gasteiger partial charge in [0, 0.05) is 24.5 Å². The Morgan fingerprint density at radius 2 is 2.00 bits per heavy atom. The molecule has 20 heavy (non-hydrogen) atoms. The summed E-state index contributed by atoms with van der Waals surface area (Å²) in [6, 6.07) is 2.24. The van der Waals surface area contributed by atoms with Crippen LogP contribution < -0.4 is 0 Å². The molecule has 1 atom stereocenters. The zero-order chi connectivity index (χ0) is 14.7. The molecule has 0 amide bonds. The molecule has 0 saturated heterocycles. The zero-order valence-corrected chi connectivity index (χ0v) is 13.7. The van der Waals surface area contributed by atoms with Gasteiger partial charge in [-0.05, 0) is 31.7 Å². The maximum Gasteiger partial charge on any atom is 0.160 e. The van der Waals surface area contributed by atoms with E-state index in [4.69, 9.17) is 23.2 Å². The molecule has 0 saturated carbocycles. The first-order valence-electron chi connectivity index (χ1n) is 7.11. The van der Waals surface area contributed by atoms with Crippen LogP contribution in [0.25, 0.3) is 11.2 Å². The van der Waals surface area contributed by atoms with Crippen LogP contribution in [0.3, 0.4) is 0 Å². The lowest BCUT2D eigenvalue weighted by Crippen LogP contribution is -2.11. The molecule has 2 aromatic rings. The second kappa shape index (κ2) is 6.77. The lowest BCUT2D eigenvalue weighted by molar-refractivity contribution is 0.436. The average Bonchev–Trinajstić information content (AvgIpc) is 2.73. The minimum absolute atomic E-state index is 0.370. The molecule has 0 spiro atoms. The molecule has 5 heteroatoms. The van der Waals surface area contributed by atoms with Crippen LogP contribution in [0.15, 0.2) is 12.3 Å². The normalized spacial score (nSPS) is 13.3. The highest BCUT2D eigenvalue weighted by molar-refractivity contribution is 6.31. The van der Waals surface area contributed by atoms with Crippen LogP contribution in [0.1, 0.15) is 45.5 Å². The van der Waals surface area contributed by atoms with E-state index in [0.29, 0.717) is 22.9 Å². The summed E-state index contributed by atoms with van der Waals surface area (Å²) in [5.41, 5.74) is 1.76. The highest BCUT2D eigenvalue weighted by atomic mass is 35.5. The van der Waals surface area contributed by atoms with Crippen LogP contribution >= 0.6 is 23.2 Å². The highest BCUT2D eigenvalue weighted by Crippen LogP contribution is 2.26. The Balaban J connectivity index is 2.39. The van der Waals surface area contributed by atoms with Crippen LogP contribution in [0, 0.1) is 5.92 Å². The molecule has 2 rings (SSSR count). The van der Waals surface area contributed by atoms with Crippen molar-refractivity contribution in [1.82, 2.24) is 14.5 Å². The van der Waals surface area contributed by atoms with Crippen molar-refractivity contribution in [1.29, 1.82) is 0 Å². The Hall–Kier alpha value is -0.800. The number of hydrogen-bond donors (Lipinski definition) is 0. The molecule has 0 radical (unpaired) electrons. The van der Waals surface area contributed by atoms with Gasteiger partial charge < -0.3 is 4.57 Å². The highest BCUT2D eigenvalue weighted by Gasteiger charge is 2.17. The number of halogens is 2. The Labute approximate surface area is 130 Å². The van der Waals surface area contributed by atoms with E-state index in [2.05, 4.69) is 35.3 Å². The summed E-state index contributed by atoms with van der Waals surface area (Å²) in [5, 5.41) is 0.620. The van der Waals surface area contributed by atoms with E-state index in [9.17, 15) is 0 Å². The van der Waals surface area contributed by atoms with E-state index < -0.39 is 0 Å². The number of aryl methyl sites for hydroxylation is 1. The van der Waals surface area contributed by atoms with Crippen molar-refractivity contribution < 1.29 is 0 Å². The second-order valence-electron chi connectivity index (χ2n) is 5.65. The van der Waals surface area contributed by atoms with Crippen LogP contribution in [-0.4, -0.2) is 20.4 Å². The predicted molar refractivity (Wildman–Crippen MR) is 85.7 cm³/mol. The molecule has 3 nitrogen and oxygen atoms in total. The van der Waals surface area contributed by atoms with Crippen LogP contribution in [0.4, 0.5) is 0 Å². The summed E-state index contributed by atoms with van der Waals surface area (Å²) in [6.45, 7) is 6.71. The first-order chi connectivity index (χ1) is 9.52. The molecule has 1 unspecified atom stereocenters. The maximum atomic E-state index is 6.00. The van der Waals surface area contributed by atoms with Crippen molar-refractivity contribution in [2.75, 3.05) is 5.88 Å². The van der Waals surface area contributed by atoms with Gasteiger partial charge in [-0.3, -0.25) is 0 Å². The molecule has 0 fully saturated rings. The summed E-state index contributed by atoms with van der Waals surface area (Å²) in [4.78, 5) is 9.10. The Bertz CT molecular complexity index is 578. The van der Waals surface area contributed by atoms with Gasteiger partial charge >= 0.3 is 0 Å². The number of rotatable bonds is 6. The van der Waals surface area contributed by atoms with Crippen molar-refractivity contribution in [2.45, 2.75) is 46.1 Å². The molecular weight excluding hydrogens is 293 g/mol. The molecule has 110 valence electrons. The van der Waals surface area contributed by atoms with Crippen LogP contribution in [0.2, 0.25) is 5.02 Å². The van der Waals surface area contributed by atoms with E-state index in [1.165, 1.54) is 6.42 Å². The molecule has 0 aliphatic carbocycles.